The third kappa shape index (κ3) is 3.35. The summed E-state index contributed by atoms with van der Waals surface area (Å²) in [4.78, 5) is 0. The molecule has 4 rings (SSSR count). The Morgan fingerprint density at radius 2 is 1.38 bits per heavy atom. The van der Waals surface area contributed by atoms with Crippen molar-refractivity contribution in [2.24, 2.45) is 0 Å². The van der Waals surface area contributed by atoms with Crippen LogP contribution in [-0.2, 0) is 6.54 Å². The molecule has 0 amide bonds. The highest BCUT2D eigenvalue weighted by Gasteiger charge is 2.11. The average molecular weight is 336 g/mol. The number of hydrogen-bond donors (Lipinski definition) is 0. The molecule has 0 unspecified atom stereocenters. The van der Waals surface area contributed by atoms with E-state index in [1.165, 1.54) is 11.1 Å². The molecule has 0 aliphatic carbocycles. The van der Waals surface area contributed by atoms with Gasteiger partial charge in [0, 0.05) is 5.56 Å². The first kappa shape index (κ1) is 16.1. The maximum Gasteiger partial charge on any atom is 0.0929 e. The second kappa shape index (κ2) is 7.24. The van der Waals surface area contributed by atoms with Crippen LogP contribution in [0.3, 0.4) is 0 Å². The first-order chi connectivity index (χ1) is 12.8. The Labute approximate surface area is 154 Å². The molecule has 4 aromatic rings. The van der Waals surface area contributed by atoms with Gasteiger partial charge in [-0.05, 0) is 22.8 Å². The van der Waals surface area contributed by atoms with E-state index in [1.807, 2.05) is 30.3 Å². The number of rotatable bonds is 5. The molecule has 0 saturated heterocycles. The topological polar surface area (TPSA) is 17.8 Å². The first-order valence-electron chi connectivity index (χ1n) is 8.73. The van der Waals surface area contributed by atoms with Crippen molar-refractivity contribution in [3.63, 3.8) is 0 Å². The molecule has 26 heavy (non-hydrogen) atoms. The zero-order chi connectivity index (χ0) is 17.8. The van der Waals surface area contributed by atoms with Gasteiger partial charge in [-0.15, -0.1) is 0 Å². The Balaban J connectivity index is 1.76. The second-order valence-electron chi connectivity index (χ2n) is 6.25. The molecule has 2 heteroatoms. The third-order valence-electron chi connectivity index (χ3n) is 4.47. The van der Waals surface area contributed by atoms with E-state index >= 15 is 0 Å². The smallest absolute Gasteiger partial charge is 0.0929 e. The maximum absolute atomic E-state index is 4.89. The molecule has 0 spiro atoms. The van der Waals surface area contributed by atoms with Gasteiger partial charge >= 0.3 is 0 Å². The zero-order valence-electron chi connectivity index (χ0n) is 14.5. The monoisotopic (exact) mass is 336 g/mol. The molecule has 0 fully saturated rings. The molecule has 0 bridgehead atoms. The standard InChI is InChI=1S/C24H20N2/c1-2-19-13-15-20(16-14-19)18-26-24(22-11-7-4-8-12-22)17-23(25-26)21-9-5-3-6-10-21/h2-17H,1,18H2. The summed E-state index contributed by atoms with van der Waals surface area (Å²) in [5.74, 6) is 0. The van der Waals surface area contributed by atoms with Crippen LogP contribution in [0.5, 0.6) is 0 Å². The lowest BCUT2D eigenvalue weighted by atomic mass is 10.1. The minimum Gasteiger partial charge on any atom is -0.260 e. The molecular formula is C24H20N2. The van der Waals surface area contributed by atoms with E-state index in [0.717, 1.165) is 29.1 Å². The van der Waals surface area contributed by atoms with Crippen LogP contribution in [0.4, 0.5) is 0 Å². The van der Waals surface area contributed by atoms with Gasteiger partial charge in [0.2, 0.25) is 0 Å². The number of nitrogens with zero attached hydrogens (tertiary/aromatic N) is 2. The van der Waals surface area contributed by atoms with E-state index in [2.05, 4.69) is 78.0 Å². The highest BCUT2D eigenvalue weighted by atomic mass is 15.3. The summed E-state index contributed by atoms with van der Waals surface area (Å²) in [7, 11) is 0. The van der Waals surface area contributed by atoms with E-state index in [1.54, 1.807) is 0 Å². The van der Waals surface area contributed by atoms with Gasteiger partial charge in [0.05, 0.1) is 17.9 Å². The predicted molar refractivity (Wildman–Crippen MR) is 109 cm³/mol. The number of hydrogen-bond acceptors (Lipinski definition) is 1. The van der Waals surface area contributed by atoms with Crippen molar-refractivity contribution in [2.45, 2.75) is 6.54 Å². The number of aromatic nitrogens is 2. The van der Waals surface area contributed by atoms with Crippen LogP contribution in [-0.4, -0.2) is 9.78 Å². The summed E-state index contributed by atoms with van der Waals surface area (Å²) in [5, 5.41) is 4.89. The molecule has 0 radical (unpaired) electrons. The summed E-state index contributed by atoms with van der Waals surface area (Å²) < 4.78 is 2.08. The molecule has 1 heterocycles. The summed E-state index contributed by atoms with van der Waals surface area (Å²) in [6.45, 7) is 4.55. The van der Waals surface area contributed by atoms with Gasteiger partial charge in [-0.2, -0.15) is 5.10 Å². The van der Waals surface area contributed by atoms with E-state index < -0.39 is 0 Å². The van der Waals surface area contributed by atoms with Gasteiger partial charge in [0.25, 0.3) is 0 Å². The summed E-state index contributed by atoms with van der Waals surface area (Å²) in [5.41, 5.74) is 6.76. The van der Waals surface area contributed by atoms with Crippen LogP contribution in [0.2, 0.25) is 0 Å². The highest BCUT2D eigenvalue weighted by molar-refractivity contribution is 5.68. The Morgan fingerprint density at radius 1 is 0.769 bits per heavy atom. The second-order valence-corrected chi connectivity index (χ2v) is 6.25. The summed E-state index contributed by atoms with van der Waals surface area (Å²) >= 11 is 0. The van der Waals surface area contributed by atoms with Gasteiger partial charge in [0.15, 0.2) is 0 Å². The van der Waals surface area contributed by atoms with E-state index in [0.29, 0.717) is 0 Å². The Hall–Kier alpha value is -3.39. The van der Waals surface area contributed by atoms with E-state index in [9.17, 15) is 0 Å². The minimum absolute atomic E-state index is 0.731. The molecule has 0 N–H and O–H groups in total. The molecule has 0 aliphatic heterocycles. The van der Waals surface area contributed by atoms with Crippen molar-refractivity contribution in [1.29, 1.82) is 0 Å². The lowest BCUT2D eigenvalue weighted by molar-refractivity contribution is 0.697. The third-order valence-corrected chi connectivity index (χ3v) is 4.47. The van der Waals surface area contributed by atoms with Crippen molar-refractivity contribution in [3.05, 3.63) is 109 Å². The molecule has 0 atom stereocenters. The van der Waals surface area contributed by atoms with Gasteiger partial charge < -0.3 is 0 Å². The molecule has 3 aromatic carbocycles. The van der Waals surface area contributed by atoms with Crippen molar-refractivity contribution < 1.29 is 0 Å². The van der Waals surface area contributed by atoms with Crippen LogP contribution in [0.25, 0.3) is 28.6 Å². The maximum atomic E-state index is 4.89. The predicted octanol–water partition coefficient (Wildman–Crippen LogP) is 5.91. The quantitative estimate of drug-likeness (QED) is 0.443. The number of benzene rings is 3. The van der Waals surface area contributed by atoms with Gasteiger partial charge in [-0.3, -0.25) is 4.68 Å². The molecular weight excluding hydrogens is 316 g/mol. The lowest BCUT2D eigenvalue weighted by Gasteiger charge is -2.08. The summed E-state index contributed by atoms with van der Waals surface area (Å²) in [6, 6.07) is 31.4. The first-order valence-corrected chi connectivity index (χ1v) is 8.73. The van der Waals surface area contributed by atoms with Crippen LogP contribution in [0.1, 0.15) is 11.1 Å². The Kier molecular flexibility index (Phi) is 4.48. The van der Waals surface area contributed by atoms with Gasteiger partial charge in [-0.25, -0.2) is 0 Å². The minimum atomic E-state index is 0.731. The molecule has 2 nitrogen and oxygen atoms in total. The summed E-state index contributed by atoms with van der Waals surface area (Å²) in [6.07, 6.45) is 1.86. The molecule has 0 aliphatic rings. The van der Waals surface area contributed by atoms with E-state index in [-0.39, 0.29) is 0 Å². The van der Waals surface area contributed by atoms with Crippen LogP contribution >= 0.6 is 0 Å². The van der Waals surface area contributed by atoms with Crippen LogP contribution in [0.15, 0.2) is 97.6 Å². The van der Waals surface area contributed by atoms with Gasteiger partial charge in [0.1, 0.15) is 0 Å². The van der Waals surface area contributed by atoms with Crippen molar-refractivity contribution in [1.82, 2.24) is 9.78 Å². The average Bonchev–Trinajstić information content (AvgIpc) is 3.14. The molecule has 1 aromatic heterocycles. The fraction of sp³-hybridized carbons (Fsp3) is 0.0417. The van der Waals surface area contributed by atoms with Crippen molar-refractivity contribution in [3.8, 4) is 22.5 Å². The van der Waals surface area contributed by atoms with E-state index in [4.69, 9.17) is 5.10 Å². The lowest BCUT2D eigenvalue weighted by Crippen LogP contribution is -2.04. The molecule has 0 saturated carbocycles. The van der Waals surface area contributed by atoms with Crippen LogP contribution < -0.4 is 0 Å². The zero-order valence-corrected chi connectivity index (χ0v) is 14.5. The normalized spacial score (nSPS) is 10.6. The highest BCUT2D eigenvalue weighted by Crippen LogP contribution is 2.26. The van der Waals surface area contributed by atoms with Crippen molar-refractivity contribution in [2.75, 3.05) is 0 Å². The Morgan fingerprint density at radius 3 is 2.00 bits per heavy atom. The van der Waals surface area contributed by atoms with Gasteiger partial charge in [-0.1, -0.05) is 97.6 Å². The molecule has 126 valence electrons. The largest absolute Gasteiger partial charge is 0.260 e. The SMILES string of the molecule is C=Cc1ccc(Cn2nc(-c3ccccc3)cc2-c2ccccc2)cc1. The fourth-order valence-corrected chi connectivity index (χ4v) is 3.06. The fourth-order valence-electron chi connectivity index (χ4n) is 3.06. The Bertz CT molecular complexity index is 997. The van der Waals surface area contributed by atoms with Crippen molar-refractivity contribution >= 4 is 6.08 Å². The van der Waals surface area contributed by atoms with Crippen LogP contribution in [0, 0.1) is 0 Å².